The highest BCUT2D eigenvalue weighted by Gasteiger charge is 2.45. The number of Topliss-reactive ketones (excluding diaryl/α,β-unsaturated/α-hetero) is 1. The van der Waals surface area contributed by atoms with Crippen LogP contribution in [0.1, 0.15) is 41.6 Å². The van der Waals surface area contributed by atoms with Crippen LogP contribution in [0.2, 0.25) is 0 Å². The zero-order valence-electron chi connectivity index (χ0n) is 18.4. The van der Waals surface area contributed by atoms with Crippen molar-refractivity contribution in [2.24, 2.45) is 0 Å². The van der Waals surface area contributed by atoms with Gasteiger partial charge in [0, 0.05) is 24.5 Å². The molecule has 2 aromatic carbocycles. The molecule has 4 rings (SSSR count). The molecule has 6 heteroatoms. The van der Waals surface area contributed by atoms with E-state index >= 15 is 0 Å². The van der Waals surface area contributed by atoms with Crippen LogP contribution in [0.25, 0.3) is 0 Å². The first-order valence-electron chi connectivity index (χ1n) is 10.7. The minimum absolute atomic E-state index is 0.0158. The van der Waals surface area contributed by atoms with Gasteiger partial charge in [-0.1, -0.05) is 24.3 Å². The Labute approximate surface area is 187 Å². The van der Waals surface area contributed by atoms with Crippen molar-refractivity contribution in [1.82, 2.24) is 0 Å². The Morgan fingerprint density at radius 3 is 2.38 bits per heavy atom. The predicted octanol–water partition coefficient (Wildman–Crippen LogP) is 5.22. The van der Waals surface area contributed by atoms with Crippen molar-refractivity contribution in [2.45, 2.75) is 26.8 Å². The fourth-order valence-electron chi connectivity index (χ4n) is 4.19. The molecular formula is C26H26N2O4. The highest BCUT2D eigenvalue weighted by Crippen LogP contribution is 2.42. The molecule has 1 unspecified atom stereocenters. The van der Waals surface area contributed by atoms with Gasteiger partial charge in [-0.25, -0.2) is 0 Å². The van der Waals surface area contributed by atoms with Crippen LogP contribution in [0.3, 0.4) is 0 Å². The van der Waals surface area contributed by atoms with E-state index in [9.17, 15) is 14.7 Å². The number of hydrogen-bond donors (Lipinski definition) is 1. The van der Waals surface area contributed by atoms with E-state index in [-0.39, 0.29) is 11.3 Å². The molecule has 1 aliphatic rings. The van der Waals surface area contributed by atoms with E-state index in [1.807, 2.05) is 49.4 Å². The molecule has 0 aliphatic carbocycles. The maximum Gasteiger partial charge on any atom is 0.294 e. The largest absolute Gasteiger partial charge is 0.503 e. The van der Waals surface area contributed by atoms with Gasteiger partial charge in [-0.15, -0.1) is 0 Å². The van der Waals surface area contributed by atoms with Crippen LogP contribution in [-0.2, 0) is 4.79 Å². The minimum Gasteiger partial charge on any atom is -0.503 e. The second kappa shape index (κ2) is 8.75. The van der Waals surface area contributed by atoms with E-state index in [0.29, 0.717) is 5.69 Å². The van der Waals surface area contributed by atoms with Gasteiger partial charge in [-0.05, 0) is 68.3 Å². The molecular weight excluding hydrogens is 404 g/mol. The molecule has 0 saturated heterocycles. The maximum atomic E-state index is 13.3. The molecule has 0 saturated carbocycles. The van der Waals surface area contributed by atoms with Crippen molar-refractivity contribution in [3.63, 3.8) is 0 Å². The third-order valence-corrected chi connectivity index (χ3v) is 5.81. The number of anilines is 2. The standard InChI is InChI=1S/C26H26N2O4/c1-4-27(5-2)19-13-11-18(12-14-19)23-22(24(29)21-10-7-15-32-21)25(30)26(31)28(23)20-9-6-8-17(3)16-20/h6-16,23,30H,4-5H2,1-3H3. The molecule has 1 aliphatic heterocycles. The van der Waals surface area contributed by atoms with E-state index in [2.05, 4.69) is 18.7 Å². The molecule has 6 nitrogen and oxygen atoms in total. The average molecular weight is 431 g/mol. The first kappa shape index (κ1) is 21.4. The van der Waals surface area contributed by atoms with Crippen LogP contribution >= 0.6 is 0 Å². The van der Waals surface area contributed by atoms with Crippen LogP contribution in [-0.4, -0.2) is 29.9 Å². The first-order chi connectivity index (χ1) is 15.5. The summed E-state index contributed by atoms with van der Waals surface area (Å²) in [7, 11) is 0. The monoisotopic (exact) mass is 430 g/mol. The van der Waals surface area contributed by atoms with Gasteiger partial charge >= 0.3 is 0 Å². The van der Waals surface area contributed by atoms with Crippen molar-refractivity contribution < 1.29 is 19.1 Å². The van der Waals surface area contributed by atoms with Crippen LogP contribution < -0.4 is 9.80 Å². The normalized spacial score (nSPS) is 16.0. The molecule has 1 aromatic heterocycles. The third-order valence-electron chi connectivity index (χ3n) is 5.81. The topological polar surface area (TPSA) is 74.0 Å². The second-order valence-corrected chi connectivity index (χ2v) is 7.75. The number of carbonyl (C=O) groups excluding carboxylic acids is 2. The van der Waals surface area contributed by atoms with E-state index in [1.165, 1.54) is 17.2 Å². The van der Waals surface area contributed by atoms with Crippen molar-refractivity contribution in [3.8, 4) is 0 Å². The predicted molar refractivity (Wildman–Crippen MR) is 124 cm³/mol. The number of nitrogens with zero attached hydrogens (tertiary/aromatic N) is 2. The fraction of sp³-hybridized carbons (Fsp3) is 0.231. The summed E-state index contributed by atoms with van der Waals surface area (Å²) in [6.45, 7) is 7.85. The second-order valence-electron chi connectivity index (χ2n) is 7.75. The highest BCUT2D eigenvalue weighted by atomic mass is 16.3. The Kier molecular flexibility index (Phi) is 5.86. The van der Waals surface area contributed by atoms with E-state index < -0.39 is 23.5 Å². The number of hydrogen-bond acceptors (Lipinski definition) is 5. The molecule has 164 valence electrons. The number of rotatable bonds is 7. The summed E-state index contributed by atoms with van der Waals surface area (Å²) in [5, 5.41) is 10.8. The zero-order valence-corrected chi connectivity index (χ0v) is 18.4. The summed E-state index contributed by atoms with van der Waals surface area (Å²) in [5.74, 6) is -1.59. The Bertz CT molecular complexity index is 1160. The van der Waals surface area contributed by atoms with Gasteiger partial charge < -0.3 is 14.4 Å². The number of aryl methyl sites for hydroxylation is 1. The molecule has 0 radical (unpaired) electrons. The third kappa shape index (κ3) is 3.68. The van der Waals surface area contributed by atoms with Gasteiger partial charge in [-0.3, -0.25) is 14.5 Å². The minimum atomic E-state index is -0.771. The number of aliphatic hydroxyl groups excluding tert-OH is 1. The number of benzene rings is 2. The number of aliphatic hydroxyl groups is 1. The van der Waals surface area contributed by atoms with Gasteiger partial charge in [0.05, 0.1) is 17.9 Å². The van der Waals surface area contributed by atoms with Gasteiger partial charge in [-0.2, -0.15) is 0 Å². The molecule has 2 heterocycles. The first-order valence-corrected chi connectivity index (χ1v) is 10.7. The number of amides is 1. The van der Waals surface area contributed by atoms with Gasteiger partial charge in [0.1, 0.15) is 0 Å². The summed E-state index contributed by atoms with van der Waals surface area (Å²) in [6, 6.07) is 17.6. The molecule has 1 atom stereocenters. The van der Waals surface area contributed by atoms with Crippen molar-refractivity contribution in [3.05, 3.63) is 95.1 Å². The molecule has 3 aromatic rings. The van der Waals surface area contributed by atoms with Gasteiger partial charge in [0.15, 0.2) is 11.5 Å². The van der Waals surface area contributed by atoms with Crippen LogP contribution in [0, 0.1) is 6.92 Å². The lowest BCUT2D eigenvalue weighted by molar-refractivity contribution is -0.117. The number of ketones is 1. The maximum absolute atomic E-state index is 13.3. The SMILES string of the molecule is CCN(CC)c1ccc(C2C(C(=O)c3ccco3)=C(O)C(=O)N2c2cccc(C)c2)cc1. The lowest BCUT2D eigenvalue weighted by Gasteiger charge is -2.28. The van der Waals surface area contributed by atoms with E-state index in [1.54, 1.807) is 12.1 Å². The Hall–Kier alpha value is -3.80. The quantitative estimate of drug-likeness (QED) is 0.521. The van der Waals surface area contributed by atoms with Crippen LogP contribution in [0.4, 0.5) is 11.4 Å². The van der Waals surface area contributed by atoms with Gasteiger partial charge in [0.2, 0.25) is 5.78 Å². The summed E-state index contributed by atoms with van der Waals surface area (Å²) in [5.41, 5.74) is 3.38. The average Bonchev–Trinajstić information content (AvgIpc) is 3.42. The van der Waals surface area contributed by atoms with Crippen LogP contribution in [0.5, 0.6) is 0 Å². The Morgan fingerprint density at radius 2 is 1.78 bits per heavy atom. The summed E-state index contributed by atoms with van der Waals surface area (Å²) >= 11 is 0. The van der Waals surface area contributed by atoms with Gasteiger partial charge in [0.25, 0.3) is 5.91 Å². The molecule has 0 bridgehead atoms. The Balaban J connectivity index is 1.84. The van der Waals surface area contributed by atoms with Crippen LogP contribution in [0.15, 0.2) is 82.7 Å². The van der Waals surface area contributed by atoms with E-state index in [0.717, 1.165) is 29.9 Å². The summed E-state index contributed by atoms with van der Waals surface area (Å²) in [4.78, 5) is 30.1. The van der Waals surface area contributed by atoms with E-state index in [4.69, 9.17) is 4.42 Å². The molecule has 1 N–H and O–H groups in total. The smallest absolute Gasteiger partial charge is 0.294 e. The molecule has 0 spiro atoms. The summed E-state index contributed by atoms with van der Waals surface area (Å²) in [6.07, 6.45) is 1.40. The van der Waals surface area contributed by atoms with Crippen molar-refractivity contribution >= 4 is 23.1 Å². The lowest BCUT2D eigenvalue weighted by Crippen LogP contribution is -2.31. The molecule has 0 fully saturated rings. The number of furan rings is 1. The molecule has 32 heavy (non-hydrogen) atoms. The Morgan fingerprint density at radius 1 is 1.06 bits per heavy atom. The lowest BCUT2D eigenvalue weighted by atomic mass is 9.94. The highest BCUT2D eigenvalue weighted by molar-refractivity contribution is 6.20. The van der Waals surface area contributed by atoms with Crippen molar-refractivity contribution in [2.75, 3.05) is 22.9 Å². The zero-order chi connectivity index (χ0) is 22.8. The molecule has 1 amide bonds. The summed E-state index contributed by atoms with van der Waals surface area (Å²) < 4.78 is 5.28. The number of carbonyl (C=O) groups is 2. The van der Waals surface area contributed by atoms with Crippen molar-refractivity contribution in [1.29, 1.82) is 0 Å². The fourth-order valence-corrected chi connectivity index (χ4v) is 4.19.